The van der Waals surface area contributed by atoms with Crippen LogP contribution in [0.5, 0.6) is 0 Å². The van der Waals surface area contributed by atoms with Crippen molar-refractivity contribution in [2.75, 3.05) is 0 Å². The molecule has 0 saturated carbocycles. The molecule has 1 fully saturated rings. The Bertz CT molecular complexity index is 709. The molecule has 6 heteroatoms. The summed E-state index contributed by atoms with van der Waals surface area (Å²) in [5.74, 6) is 0.776. The lowest BCUT2D eigenvalue weighted by Crippen LogP contribution is -2.43. The fourth-order valence-corrected chi connectivity index (χ4v) is 5.08. The van der Waals surface area contributed by atoms with Crippen LogP contribution in [0.4, 0.5) is 0 Å². The third kappa shape index (κ3) is 5.98. The van der Waals surface area contributed by atoms with Crippen LogP contribution in [0, 0.1) is 29.1 Å². The normalized spacial score (nSPS) is 35.4. The van der Waals surface area contributed by atoms with Crippen molar-refractivity contribution in [2.24, 2.45) is 29.1 Å². The van der Waals surface area contributed by atoms with E-state index < -0.39 is 11.5 Å². The minimum atomic E-state index is -0.601. The monoisotopic (exact) mass is 436 g/mol. The van der Waals surface area contributed by atoms with Crippen LogP contribution in [-0.2, 0) is 19.1 Å². The van der Waals surface area contributed by atoms with E-state index in [0.717, 1.165) is 25.7 Å². The van der Waals surface area contributed by atoms with Crippen molar-refractivity contribution in [1.29, 1.82) is 0 Å². The van der Waals surface area contributed by atoms with Crippen molar-refractivity contribution in [3.63, 3.8) is 0 Å². The molecule has 0 unspecified atom stereocenters. The van der Waals surface area contributed by atoms with Gasteiger partial charge in [0.1, 0.15) is 12.2 Å². The summed E-state index contributed by atoms with van der Waals surface area (Å²) in [6, 6.07) is 0. The molecule has 1 saturated heterocycles. The average Bonchev–Trinajstić information content (AvgIpc) is 2.66. The minimum absolute atomic E-state index is 0. The Morgan fingerprint density at radius 3 is 2.61 bits per heavy atom. The van der Waals surface area contributed by atoms with Crippen molar-refractivity contribution >= 4 is 11.9 Å². The van der Waals surface area contributed by atoms with Crippen LogP contribution in [0.15, 0.2) is 23.8 Å². The van der Waals surface area contributed by atoms with E-state index in [1.807, 2.05) is 20.8 Å². The smallest absolute Gasteiger partial charge is 0.311 e. The van der Waals surface area contributed by atoms with Gasteiger partial charge in [0.25, 0.3) is 0 Å². The predicted octanol–water partition coefficient (Wildman–Crippen LogP) is 3.76. The van der Waals surface area contributed by atoms with Crippen molar-refractivity contribution in [1.82, 2.24) is 0 Å². The summed E-state index contributed by atoms with van der Waals surface area (Å²) in [6.45, 7) is 10.3. The third-order valence-corrected chi connectivity index (χ3v) is 7.35. The summed E-state index contributed by atoms with van der Waals surface area (Å²) in [5.41, 5.74) is 0.785. The molecule has 0 aromatic heterocycles. The Kier molecular flexibility index (Phi) is 8.51. The second-order valence-corrected chi connectivity index (χ2v) is 10.3. The summed E-state index contributed by atoms with van der Waals surface area (Å²) in [7, 11) is 0. The van der Waals surface area contributed by atoms with Crippen molar-refractivity contribution in [2.45, 2.75) is 91.5 Å². The molecule has 31 heavy (non-hydrogen) atoms. The first kappa shape index (κ1) is 25.6. The Balaban J connectivity index is 0.00000341. The molecular weight excluding hydrogens is 396 g/mol. The molecule has 3 aliphatic rings. The van der Waals surface area contributed by atoms with Crippen LogP contribution in [0.2, 0.25) is 0 Å². The molecule has 0 radical (unpaired) electrons. The van der Waals surface area contributed by atoms with E-state index in [2.05, 4.69) is 32.1 Å². The number of carbonyl (C=O) groups excluding carboxylic acids is 2. The number of allylic oxidation sites excluding steroid dienone is 3. The number of fused-ring (bicyclic) bond motifs is 1. The van der Waals surface area contributed by atoms with Crippen molar-refractivity contribution in [3.05, 3.63) is 23.8 Å². The van der Waals surface area contributed by atoms with E-state index in [1.165, 1.54) is 5.57 Å². The molecule has 0 aromatic carbocycles. The number of rotatable bonds is 6. The summed E-state index contributed by atoms with van der Waals surface area (Å²) in [4.78, 5) is 24.6. The number of carbonyl (C=O) groups is 2. The lowest BCUT2D eigenvalue weighted by molar-refractivity contribution is -0.166. The van der Waals surface area contributed by atoms with Gasteiger partial charge in [-0.25, -0.2) is 0 Å². The Morgan fingerprint density at radius 2 is 1.97 bits per heavy atom. The summed E-state index contributed by atoms with van der Waals surface area (Å²) in [6.07, 6.45) is 9.61. The van der Waals surface area contributed by atoms with Crippen LogP contribution in [0.3, 0.4) is 0 Å². The predicted molar refractivity (Wildman–Crippen MR) is 119 cm³/mol. The van der Waals surface area contributed by atoms with Gasteiger partial charge in [-0.3, -0.25) is 9.59 Å². The van der Waals surface area contributed by atoms with E-state index in [-0.39, 0.29) is 42.0 Å². The zero-order valence-electron chi connectivity index (χ0n) is 19.6. The van der Waals surface area contributed by atoms with Crippen LogP contribution in [0.25, 0.3) is 0 Å². The van der Waals surface area contributed by atoms with Gasteiger partial charge in [0, 0.05) is 12.3 Å². The molecule has 0 aromatic rings. The summed E-state index contributed by atoms with van der Waals surface area (Å²) >= 11 is 0. The number of hydrogen-bond donors (Lipinski definition) is 1. The van der Waals surface area contributed by atoms with E-state index in [0.29, 0.717) is 24.2 Å². The zero-order chi connectivity index (χ0) is 22.1. The number of hydrogen-bond acceptors (Lipinski definition) is 5. The van der Waals surface area contributed by atoms with Crippen molar-refractivity contribution in [3.8, 4) is 0 Å². The topological polar surface area (TPSA) is 104 Å². The van der Waals surface area contributed by atoms with Gasteiger partial charge < -0.3 is 20.1 Å². The summed E-state index contributed by atoms with van der Waals surface area (Å²) in [5, 5.41) is 9.92. The highest BCUT2D eigenvalue weighted by molar-refractivity contribution is 5.76. The number of aliphatic hydroxyl groups excluding tert-OH is 1. The number of aliphatic hydroxyl groups is 1. The Labute approximate surface area is 186 Å². The molecule has 1 heterocycles. The molecule has 6 nitrogen and oxygen atoms in total. The van der Waals surface area contributed by atoms with Gasteiger partial charge in [0.2, 0.25) is 0 Å². The quantitative estimate of drug-likeness (QED) is 0.638. The molecule has 1 aliphatic heterocycles. The van der Waals surface area contributed by atoms with Gasteiger partial charge in [-0.1, -0.05) is 39.0 Å². The second kappa shape index (κ2) is 10.3. The highest BCUT2D eigenvalue weighted by atomic mass is 16.6. The second-order valence-electron chi connectivity index (χ2n) is 10.3. The maximum atomic E-state index is 12.9. The van der Waals surface area contributed by atoms with E-state index in [9.17, 15) is 14.7 Å². The molecule has 0 bridgehead atoms. The highest BCUT2D eigenvalue weighted by Gasteiger charge is 2.43. The Hall–Kier alpha value is -1.66. The van der Waals surface area contributed by atoms with Crippen LogP contribution in [0.1, 0.15) is 73.1 Å². The van der Waals surface area contributed by atoms with Crippen LogP contribution < -0.4 is 0 Å². The standard InChI is InChI=1S/C25H38O5.H2O/c1-6-25(4,5)24(28)30-21-12-15(2)11-17-8-7-16(3)20(23(17)21)10-9-19-13-18(26)14-22(27)29-19;/h7-8,11,15-16,18-21,23,26H,6,9-10,12-14H2,1-5H3;1H2/t15-,16-,18+,19+,20-,21-,23-;/m0./s1. The van der Waals surface area contributed by atoms with Gasteiger partial charge in [-0.2, -0.15) is 0 Å². The molecule has 2 aliphatic carbocycles. The first-order valence-electron chi connectivity index (χ1n) is 11.6. The van der Waals surface area contributed by atoms with Gasteiger partial charge in [-0.05, 0) is 62.9 Å². The van der Waals surface area contributed by atoms with Crippen LogP contribution in [-0.4, -0.2) is 40.8 Å². The summed E-state index contributed by atoms with van der Waals surface area (Å²) < 4.78 is 11.6. The van der Waals surface area contributed by atoms with Crippen LogP contribution >= 0.6 is 0 Å². The van der Waals surface area contributed by atoms with Gasteiger partial charge in [-0.15, -0.1) is 0 Å². The highest BCUT2D eigenvalue weighted by Crippen LogP contribution is 2.45. The maximum absolute atomic E-state index is 12.9. The van der Waals surface area contributed by atoms with E-state index in [4.69, 9.17) is 9.47 Å². The molecule has 7 atom stereocenters. The molecule has 3 rings (SSSR count). The number of ether oxygens (including phenoxy) is 2. The first-order valence-corrected chi connectivity index (χ1v) is 11.6. The molecular formula is C25H40O6. The van der Waals surface area contributed by atoms with E-state index >= 15 is 0 Å². The molecule has 0 amide bonds. The van der Waals surface area contributed by atoms with Gasteiger partial charge >= 0.3 is 11.9 Å². The number of cyclic esters (lactones) is 1. The average molecular weight is 437 g/mol. The molecule has 0 spiro atoms. The SMILES string of the molecule is CCC(C)(C)C(=O)O[C@H]1C[C@@H](C)C=C2C=C[C@H](C)[C@H](CC[C@@H]3C[C@@H](O)CC(=O)O3)[C@H]21.O. The first-order chi connectivity index (χ1) is 14.1. The fraction of sp³-hybridized carbons (Fsp3) is 0.760. The lowest BCUT2D eigenvalue weighted by atomic mass is 9.65. The maximum Gasteiger partial charge on any atom is 0.311 e. The van der Waals surface area contributed by atoms with Crippen molar-refractivity contribution < 1.29 is 29.6 Å². The Morgan fingerprint density at radius 1 is 1.26 bits per heavy atom. The minimum Gasteiger partial charge on any atom is -0.462 e. The molecule has 176 valence electrons. The zero-order valence-corrected chi connectivity index (χ0v) is 19.6. The molecule has 3 N–H and O–H groups in total. The fourth-order valence-electron chi connectivity index (χ4n) is 5.08. The van der Waals surface area contributed by atoms with E-state index in [1.54, 1.807) is 0 Å². The number of esters is 2. The largest absolute Gasteiger partial charge is 0.462 e. The van der Waals surface area contributed by atoms with Gasteiger partial charge in [0.05, 0.1) is 17.9 Å². The lowest BCUT2D eigenvalue weighted by Gasteiger charge is -2.44. The van der Waals surface area contributed by atoms with Gasteiger partial charge in [0.15, 0.2) is 0 Å². The third-order valence-electron chi connectivity index (χ3n) is 7.35.